The summed E-state index contributed by atoms with van der Waals surface area (Å²) in [7, 11) is -3.19. The van der Waals surface area contributed by atoms with Crippen LogP contribution < -0.4 is 0 Å². The number of carbonyl (C=O) groups is 1. The van der Waals surface area contributed by atoms with E-state index in [4.69, 9.17) is 0 Å². The van der Waals surface area contributed by atoms with E-state index >= 15 is 0 Å². The minimum absolute atomic E-state index is 0. The summed E-state index contributed by atoms with van der Waals surface area (Å²) >= 11 is 0. The van der Waals surface area contributed by atoms with Gasteiger partial charge in [0.05, 0.1) is 13.3 Å². The molecule has 0 bridgehead atoms. The summed E-state index contributed by atoms with van der Waals surface area (Å²) in [5, 5.41) is 0. The first-order chi connectivity index (χ1) is 5.02. The van der Waals surface area contributed by atoms with E-state index in [1.807, 2.05) is 0 Å². The van der Waals surface area contributed by atoms with Gasteiger partial charge in [-0.3, -0.25) is 0 Å². The Hall–Kier alpha value is 2.67. The summed E-state index contributed by atoms with van der Waals surface area (Å²) < 4.78 is 20.1. The van der Waals surface area contributed by atoms with Crippen molar-refractivity contribution in [2.45, 2.75) is 6.92 Å². The topological polar surface area (TPSA) is 52.6 Å². The van der Waals surface area contributed by atoms with Crippen LogP contribution in [0.25, 0.3) is 0 Å². The van der Waals surface area contributed by atoms with Crippen molar-refractivity contribution in [3.05, 3.63) is 12.7 Å². The molecule has 0 amide bonds. The van der Waals surface area contributed by atoms with Gasteiger partial charge in [-0.1, -0.05) is 6.58 Å². The summed E-state index contributed by atoms with van der Waals surface area (Å²) in [6.07, 6.45) is 0.940. The van der Waals surface area contributed by atoms with Gasteiger partial charge in [-0.2, -0.15) is 0 Å². The monoisotopic (exact) mass is 258 g/mol. The van der Waals surface area contributed by atoms with Crippen molar-refractivity contribution >= 4 is 116 Å². The third-order valence-corrected chi connectivity index (χ3v) is 2.02. The van der Waals surface area contributed by atoms with Gasteiger partial charge in [-0.15, -0.1) is 0 Å². The maximum absolute atomic E-state index is 11.1. The van der Waals surface area contributed by atoms with Crippen LogP contribution in [-0.4, -0.2) is 122 Å². The summed E-state index contributed by atoms with van der Waals surface area (Å²) in [4.78, 5) is 10.5. The van der Waals surface area contributed by atoms with Crippen LogP contribution in [0.15, 0.2) is 12.7 Å². The van der Waals surface area contributed by atoms with E-state index in [-0.39, 0.29) is 109 Å². The van der Waals surface area contributed by atoms with Gasteiger partial charge < -0.3 is 9.05 Å². The van der Waals surface area contributed by atoms with Crippen molar-refractivity contribution in [1.82, 2.24) is 0 Å². The molecule has 0 aliphatic carbocycles. The fraction of sp³-hybridized carbons (Fsp3) is 0.500. The first-order valence-electron chi connectivity index (χ1n) is 3.10. The molecule has 0 heterocycles. The number of rotatable bonds is 4. The van der Waals surface area contributed by atoms with Gasteiger partial charge in [0.25, 0.3) is 0 Å². The van der Waals surface area contributed by atoms with Crippen LogP contribution in [0.4, 0.5) is 0 Å². The molecular formula is C6H13K2O4P. The maximum atomic E-state index is 11.1. The predicted octanol–water partition coefficient (Wildman–Crippen LogP) is 0.278. The number of hydrogen-bond acceptors (Lipinski definition) is 4. The zero-order chi connectivity index (χ0) is 8.91. The third-order valence-electron chi connectivity index (χ3n) is 0.786. The van der Waals surface area contributed by atoms with Crippen LogP contribution in [0.5, 0.6) is 0 Å². The molecule has 0 aromatic heterocycles. The van der Waals surface area contributed by atoms with Crippen LogP contribution in [0, 0.1) is 0 Å². The number of carbonyl (C=O) groups excluding carboxylic acids is 1. The summed E-state index contributed by atoms with van der Waals surface area (Å²) in [5.74, 6) is -0.732. The van der Waals surface area contributed by atoms with E-state index in [0.29, 0.717) is 0 Å². The Morgan fingerprint density at radius 2 is 2.00 bits per heavy atom. The summed E-state index contributed by atoms with van der Waals surface area (Å²) in [6.45, 7) is 6.30. The molecule has 0 rings (SSSR count). The fourth-order valence-corrected chi connectivity index (χ4v) is 1.38. The molecular weight excluding hydrogens is 245 g/mol. The molecule has 0 spiro atoms. The Kier molecular flexibility index (Phi) is 18.0. The molecule has 0 aromatic rings. The second-order valence-electron chi connectivity index (χ2n) is 1.80. The average Bonchev–Trinajstić information content (AvgIpc) is 1.86. The van der Waals surface area contributed by atoms with E-state index in [1.165, 1.54) is 6.66 Å². The van der Waals surface area contributed by atoms with Crippen LogP contribution in [-0.2, 0) is 18.4 Å². The van der Waals surface area contributed by atoms with Gasteiger partial charge in [0.1, 0.15) is 0 Å². The molecule has 4 nitrogen and oxygen atoms in total. The minimum atomic E-state index is -3.19. The van der Waals surface area contributed by atoms with Crippen LogP contribution in [0.1, 0.15) is 6.92 Å². The van der Waals surface area contributed by atoms with Crippen molar-refractivity contribution in [3.63, 3.8) is 0 Å². The van der Waals surface area contributed by atoms with Crippen molar-refractivity contribution in [2.75, 3.05) is 13.3 Å². The Morgan fingerprint density at radius 1 is 1.54 bits per heavy atom. The molecule has 68 valence electrons. The fourth-order valence-electron chi connectivity index (χ4n) is 0.462. The molecule has 0 aliphatic rings. The Morgan fingerprint density at radius 3 is 2.31 bits per heavy atom. The van der Waals surface area contributed by atoms with E-state index in [0.717, 1.165) is 6.08 Å². The van der Waals surface area contributed by atoms with E-state index in [2.05, 4.69) is 15.6 Å². The molecule has 0 fully saturated rings. The molecule has 7 heteroatoms. The molecule has 0 aromatic carbocycles. The van der Waals surface area contributed by atoms with E-state index in [1.54, 1.807) is 6.92 Å². The zero-order valence-electron chi connectivity index (χ0n) is 6.57. The first-order valence-corrected chi connectivity index (χ1v) is 5.09. The first kappa shape index (κ1) is 21.0. The molecule has 13 heavy (non-hydrogen) atoms. The third kappa shape index (κ3) is 12.6. The zero-order valence-corrected chi connectivity index (χ0v) is 7.47. The molecule has 0 N–H and O–H groups in total. The summed E-state index contributed by atoms with van der Waals surface area (Å²) in [5.41, 5.74) is 0. The molecule has 1 atom stereocenters. The Labute approximate surface area is 164 Å². The SMILES string of the molecule is C=CC(=O)OP(C)(=O)OCC.[KH].[KH]. The van der Waals surface area contributed by atoms with Crippen molar-refractivity contribution in [2.24, 2.45) is 0 Å². The van der Waals surface area contributed by atoms with Crippen LogP contribution >= 0.6 is 7.60 Å². The second-order valence-corrected chi connectivity index (χ2v) is 3.79. The van der Waals surface area contributed by atoms with Gasteiger partial charge in [0.2, 0.25) is 0 Å². The Balaban J connectivity index is -0.000000500. The Bertz CT molecular complexity index is 207. The second kappa shape index (κ2) is 11.2. The molecule has 0 aliphatic heterocycles. The van der Waals surface area contributed by atoms with E-state index < -0.39 is 13.6 Å². The van der Waals surface area contributed by atoms with Gasteiger partial charge in [-0.05, 0) is 6.92 Å². The van der Waals surface area contributed by atoms with Gasteiger partial charge >= 0.3 is 116 Å². The van der Waals surface area contributed by atoms with Gasteiger partial charge in [0, 0.05) is 6.08 Å². The van der Waals surface area contributed by atoms with Crippen molar-refractivity contribution < 1.29 is 18.4 Å². The summed E-state index contributed by atoms with van der Waals surface area (Å²) in [6, 6.07) is 0. The van der Waals surface area contributed by atoms with Crippen LogP contribution in [0.3, 0.4) is 0 Å². The van der Waals surface area contributed by atoms with E-state index in [9.17, 15) is 9.36 Å². The normalized spacial score (nSPS) is 12.8. The molecule has 0 radical (unpaired) electrons. The molecule has 0 saturated heterocycles. The van der Waals surface area contributed by atoms with Crippen LogP contribution in [0.2, 0.25) is 0 Å². The van der Waals surface area contributed by atoms with Crippen molar-refractivity contribution in [1.29, 1.82) is 0 Å². The standard InChI is InChI=1S/C6H11O4P.2K.2H/c1-4-6(7)10-11(3,8)9-5-2;;;;/h4H,1,5H2,2-3H3;;;;. The quantitative estimate of drug-likeness (QED) is 0.413. The molecule has 1 unspecified atom stereocenters. The average molecular weight is 258 g/mol. The van der Waals surface area contributed by atoms with Crippen molar-refractivity contribution in [3.8, 4) is 0 Å². The molecule has 0 saturated carbocycles. The predicted molar refractivity (Wildman–Crippen MR) is 55.7 cm³/mol. The number of hydrogen-bond donors (Lipinski definition) is 0. The van der Waals surface area contributed by atoms with Gasteiger partial charge in [-0.25, -0.2) is 9.36 Å². The van der Waals surface area contributed by atoms with Gasteiger partial charge in [0.15, 0.2) is 0 Å².